The van der Waals surface area contributed by atoms with E-state index in [9.17, 15) is 4.79 Å². The van der Waals surface area contributed by atoms with Crippen molar-refractivity contribution in [2.75, 3.05) is 5.32 Å². The van der Waals surface area contributed by atoms with E-state index in [-0.39, 0.29) is 11.0 Å². The Balaban J connectivity index is 2.18. The Labute approximate surface area is 91.5 Å². The van der Waals surface area contributed by atoms with Gasteiger partial charge in [-0.2, -0.15) is 0 Å². The standard InChI is InChI=1S/C9H10ClN3O2/c10-9-12-6(8(14)15)4-7(13-9)11-5-2-1-3-5/h4-5H,1-3H2,(H,14,15)(H,11,12,13). The minimum Gasteiger partial charge on any atom is -0.477 e. The van der Waals surface area contributed by atoms with Crippen molar-refractivity contribution in [3.63, 3.8) is 0 Å². The highest BCUT2D eigenvalue weighted by Crippen LogP contribution is 2.23. The van der Waals surface area contributed by atoms with E-state index in [1.54, 1.807) is 0 Å². The third kappa shape index (κ3) is 2.36. The number of halogens is 1. The second kappa shape index (κ2) is 4.02. The lowest BCUT2D eigenvalue weighted by atomic mass is 9.93. The predicted octanol–water partition coefficient (Wildman–Crippen LogP) is 1.79. The molecule has 0 unspecified atom stereocenters. The van der Waals surface area contributed by atoms with Crippen LogP contribution in [-0.2, 0) is 0 Å². The maximum atomic E-state index is 10.7. The van der Waals surface area contributed by atoms with Gasteiger partial charge in [0.25, 0.3) is 0 Å². The summed E-state index contributed by atoms with van der Waals surface area (Å²) in [6.45, 7) is 0. The van der Waals surface area contributed by atoms with Crippen LogP contribution in [0, 0.1) is 0 Å². The third-order valence-electron chi connectivity index (χ3n) is 2.38. The van der Waals surface area contributed by atoms with Crippen LogP contribution in [0.4, 0.5) is 5.82 Å². The van der Waals surface area contributed by atoms with E-state index >= 15 is 0 Å². The van der Waals surface area contributed by atoms with Crippen LogP contribution in [0.1, 0.15) is 29.8 Å². The van der Waals surface area contributed by atoms with Crippen LogP contribution in [-0.4, -0.2) is 27.1 Å². The molecule has 0 saturated heterocycles. The molecule has 0 spiro atoms. The van der Waals surface area contributed by atoms with Crippen LogP contribution >= 0.6 is 11.6 Å². The lowest BCUT2D eigenvalue weighted by Crippen LogP contribution is -2.27. The highest BCUT2D eigenvalue weighted by atomic mass is 35.5. The quantitative estimate of drug-likeness (QED) is 0.770. The molecule has 0 radical (unpaired) electrons. The van der Waals surface area contributed by atoms with Crippen molar-refractivity contribution < 1.29 is 9.90 Å². The number of carboxylic acid groups (broad SMARTS) is 1. The van der Waals surface area contributed by atoms with Gasteiger partial charge in [0.1, 0.15) is 5.82 Å². The van der Waals surface area contributed by atoms with Gasteiger partial charge in [0.2, 0.25) is 5.28 Å². The zero-order chi connectivity index (χ0) is 10.8. The molecule has 0 aromatic carbocycles. The highest BCUT2D eigenvalue weighted by Gasteiger charge is 2.18. The number of anilines is 1. The molecule has 1 aliphatic rings. The summed E-state index contributed by atoms with van der Waals surface area (Å²) in [6.07, 6.45) is 3.37. The zero-order valence-corrected chi connectivity index (χ0v) is 8.66. The monoisotopic (exact) mass is 227 g/mol. The van der Waals surface area contributed by atoms with Gasteiger partial charge < -0.3 is 10.4 Å². The van der Waals surface area contributed by atoms with Crippen molar-refractivity contribution >= 4 is 23.4 Å². The van der Waals surface area contributed by atoms with Gasteiger partial charge in [0.15, 0.2) is 5.69 Å². The number of hydrogen-bond donors (Lipinski definition) is 2. The lowest BCUT2D eigenvalue weighted by Gasteiger charge is -2.26. The normalized spacial score (nSPS) is 15.8. The molecule has 5 nitrogen and oxygen atoms in total. The number of carbonyl (C=O) groups is 1. The van der Waals surface area contributed by atoms with Crippen LogP contribution in [0.3, 0.4) is 0 Å². The fraction of sp³-hybridized carbons (Fsp3) is 0.444. The van der Waals surface area contributed by atoms with E-state index in [4.69, 9.17) is 16.7 Å². The SMILES string of the molecule is O=C(O)c1cc(NC2CCC2)nc(Cl)n1. The Morgan fingerprint density at radius 2 is 2.27 bits per heavy atom. The van der Waals surface area contributed by atoms with Gasteiger partial charge in [-0.1, -0.05) is 0 Å². The van der Waals surface area contributed by atoms with Gasteiger partial charge in [-0.15, -0.1) is 0 Å². The molecule has 2 rings (SSSR count). The summed E-state index contributed by atoms with van der Waals surface area (Å²) in [5.74, 6) is -0.618. The van der Waals surface area contributed by atoms with E-state index in [1.807, 2.05) is 0 Å². The first kappa shape index (κ1) is 10.2. The summed E-state index contributed by atoms with van der Waals surface area (Å²) >= 11 is 5.61. The number of carboxylic acids is 1. The summed E-state index contributed by atoms with van der Waals surface area (Å²) in [6, 6.07) is 1.78. The average molecular weight is 228 g/mol. The Kier molecular flexibility index (Phi) is 2.73. The van der Waals surface area contributed by atoms with E-state index in [2.05, 4.69) is 15.3 Å². The fourth-order valence-corrected chi connectivity index (χ4v) is 1.55. The van der Waals surface area contributed by atoms with Gasteiger partial charge in [-0.3, -0.25) is 0 Å². The van der Waals surface area contributed by atoms with Gasteiger partial charge >= 0.3 is 5.97 Å². The first-order valence-electron chi connectivity index (χ1n) is 4.69. The Morgan fingerprint density at radius 1 is 1.53 bits per heavy atom. The third-order valence-corrected chi connectivity index (χ3v) is 2.54. The van der Waals surface area contributed by atoms with Gasteiger partial charge in [0, 0.05) is 12.1 Å². The van der Waals surface area contributed by atoms with Gasteiger partial charge in [-0.25, -0.2) is 14.8 Å². The minimum atomic E-state index is -1.10. The zero-order valence-electron chi connectivity index (χ0n) is 7.90. The number of rotatable bonds is 3. The summed E-state index contributed by atoms with van der Waals surface area (Å²) < 4.78 is 0. The van der Waals surface area contributed by atoms with E-state index < -0.39 is 5.97 Å². The van der Waals surface area contributed by atoms with Crippen molar-refractivity contribution in [1.29, 1.82) is 0 Å². The average Bonchev–Trinajstić information content (AvgIpc) is 2.10. The second-order valence-corrected chi connectivity index (χ2v) is 3.82. The van der Waals surface area contributed by atoms with E-state index in [0.29, 0.717) is 11.9 Å². The molecule has 0 atom stereocenters. The predicted molar refractivity (Wildman–Crippen MR) is 55.3 cm³/mol. The molecule has 1 fully saturated rings. The van der Waals surface area contributed by atoms with E-state index in [1.165, 1.54) is 12.5 Å². The molecular formula is C9H10ClN3O2. The molecule has 80 valence electrons. The van der Waals surface area contributed by atoms with Gasteiger partial charge in [-0.05, 0) is 30.9 Å². The smallest absolute Gasteiger partial charge is 0.354 e. The minimum absolute atomic E-state index is 0.0447. The molecule has 6 heteroatoms. The van der Waals surface area contributed by atoms with Crippen molar-refractivity contribution in [3.05, 3.63) is 17.0 Å². The molecule has 15 heavy (non-hydrogen) atoms. The number of nitrogens with one attached hydrogen (secondary N) is 1. The van der Waals surface area contributed by atoms with Crippen LogP contribution in [0.15, 0.2) is 6.07 Å². The largest absolute Gasteiger partial charge is 0.477 e. The first-order valence-corrected chi connectivity index (χ1v) is 5.07. The first-order chi connectivity index (χ1) is 7.15. The maximum Gasteiger partial charge on any atom is 0.354 e. The lowest BCUT2D eigenvalue weighted by molar-refractivity contribution is 0.0690. The van der Waals surface area contributed by atoms with Crippen LogP contribution in [0.25, 0.3) is 0 Å². The van der Waals surface area contributed by atoms with E-state index in [0.717, 1.165) is 12.8 Å². The Hall–Kier alpha value is -1.36. The molecule has 0 bridgehead atoms. The molecule has 0 aliphatic heterocycles. The van der Waals surface area contributed by atoms with Crippen molar-refractivity contribution in [2.24, 2.45) is 0 Å². The molecule has 1 aliphatic carbocycles. The van der Waals surface area contributed by atoms with Crippen molar-refractivity contribution in [1.82, 2.24) is 9.97 Å². The van der Waals surface area contributed by atoms with Gasteiger partial charge in [0.05, 0.1) is 0 Å². The van der Waals surface area contributed by atoms with Crippen LogP contribution < -0.4 is 5.32 Å². The molecule has 1 aromatic rings. The molecule has 0 amide bonds. The molecular weight excluding hydrogens is 218 g/mol. The number of aromatic carboxylic acids is 1. The topological polar surface area (TPSA) is 75.1 Å². The van der Waals surface area contributed by atoms with Crippen molar-refractivity contribution in [3.8, 4) is 0 Å². The maximum absolute atomic E-state index is 10.7. The number of hydrogen-bond acceptors (Lipinski definition) is 4. The molecule has 1 saturated carbocycles. The molecule has 1 aromatic heterocycles. The number of nitrogens with zero attached hydrogens (tertiary/aromatic N) is 2. The fourth-order valence-electron chi connectivity index (χ4n) is 1.36. The summed E-state index contributed by atoms with van der Waals surface area (Å²) in [7, 11) is 0. The summed E-state index contributed by atoms with van der Waals surface area (Å²) in [5, 5.41) is 11.8. The highest BCUT2D eigenvalue weighted by molar-refractivity contribution is 6.28. The Bertz CT molecular complexity index is 393. The molecule has 2 N–H and O–H groups in total. The van der Waals surface area contributed by atoms with Crippen molar-refractivity contribution in [2.45, 2.75) is 25.3 Å². The molecule has 1 heterocycles. The second-order valence-electron chi connectivity index (χ2n) is 3.48. The van der Waals surface area contributed by atoms with Crippen LogP contribution in [0.5, 0.6) is 0 Å². The van der Waals surface area contributed by atoms with Crippen LogP contribution in [0.2, 0.25) is 5.28 Å². The summed E-state index contributed by atoms with van der Waals surface area (Å²) in [5.41, 5.74) is -0.0863. The summed E-state index contributed by atoms with van der Waals surface area (Å²) in [4.78, 5) is 18.2. The Morgan fingerprint density at radius 3 is 2.80 bits per heavy atom. The number of aromatic nitrogens is 2.